The number of nitrogens with one attached hydrogen (secondary N) is 1. The monoisotopic (exact) mass is 294 g/mol. The van der Waals surface area contributed by atoms with E-state index in [1.807, 2.05) is 6.92 Å². The zero-order valence-corrected chi connectivity index (χ0v) is 13.8. The Morgan fingerprint density at radius 3 is 2.50 bits per heavy atom. The molecule has 1 atom stereocenters. The lowest BCUT2D eigenvalue weighted by Gasteiger charge is -2.22. The van der Waals surface area contributed by atoms with E-state index in [9.17, 15) is 4.79 Å². The van der Waals surface area contributed by atoms with Crippen LogP contribution in [-0.2, 0) is 0 Å². The number of rotatable bonds is 7. The molecule has 3 N–H and O–H groups in total. The lowest BCUT2D eigenvalue weighted by molar-refractivity contribution is 0.0993. The van der Waals surface area contributed by atoms with Crippen LogP contribution in [0.25, 0.3) is 0 Å². The molecule has 0 aromatic carbocycles. The molecule has 1 saturated carbocycles. The summed E-state index contributed by atoms with van der Waals surface area (Å²) in [5.41, 5.74) is 8.22. The third kappa shape index (κ3) is 3.00. The number of Topliss-reactive ketones (excluding diaryl/α,β-unsaturated/α-hetero) is 1. The highest BCUT2D eigenvalue weighted by atomic mass is 32.1. The Morgan fingerprint density at radius 1 is 1.40 bits per heavy atom. The molecule has 2 rings (SSSR count). The number of nitrogens with two attached hydrogens (primary N) is 1. The van der Waals surface area contributed by atoms with Crippen LogP contribution in [-0.4, -0.2) is 11.8 Å². The fourth-order valence-electron chi connectivity index (χ4n) is 2.62. The van der Waals surface area contributed by atoms with Crippen LogP contribution in [0.1, 0.15) is 74.5 Å². The van der Waals surface area contributed by atoms with E-state index < -0.39 is 0 Å². The van der Waals surface area contributed by atoms with Crippen molar-refractivity contribution in [1.82, 2.24) is 0 Å². The van der Waals surface area contributed by atoms with Crippen LogP contribution in [0.15, 0.2) is 0 Å². The lowest BCUT2D eigenvalue weighted by atomic mass is 10.0. The highest BCUT2D eigenvalue weighted by Gasteiger charge is 2.33. The summed E-state index contributed by atoms with van der Waals surface area (Å²) in [6, 6.07) is 0.440. The highest BCUT2D eigenvalue weighted by Crippen LogP contribution is 2.51. The van der Waals surface area contributed by atoms with Crippen LogP contribution in [0.2, 0.25) is 0 Å². The maximum absolute atomic E-state index is 12.0. The first-order valence-electron chi connectivity index (χ1n) is 7.71. The van der Waals surface area contributed by atoms with Gasteiger partial charge < -0.3 is 11.1 Å². The van der Waals surface area contributed by atoms with Gasteiger partial charge in [0, 0.05) is 18.0 Å². The van der Waals surface area contributed by atoms with Gasteiger partial charge in [0.05, 0.1) is 15.6 Å². The Bertz CT molecular complexity index is 489. The van der Waals surface area contributed by atoms with Crippen LogP contribution < -0.4 is 11.1 Å². The van der Waals surface area contributed by atoms with Gasteiger partial charge in [-0.15, -0.1) is 11.3 Å². The zero-order chi connectivity index (χ0) is 14.9. The number of anilines is 2. The normalized spacial score (nSPS) is 16.4. The van der Waals surface area contributed by atoms with Gasteiger partial charge in [-0.25, -0.2) is 0 Å². The molecule has 1 heterocycles. The minimum Gasteiger partial charge on any atom is -0.397 e. The largest absolute Gasteiger partial charge is 0.397 e. The second-order valence-electron chi connectivity index (χ2n) is 6.04. The summed E-state index contributed by atoms with van der Waals surface area (Å²) in [7, 11) is 0. The van der Waals surface area contributed by atoms with Gasteiger partial charge in [-0.3, -0.25) is 4.79 Å². The van der Waals surface area contributed by atoms with Crippen LogP contribution in [0.3, 0.4) is 0 Å². The van der Waals surface area contributed by atoms with E-state index in [1.54, 1.807) is 11.3 Å². The lowest BCUT2D eigenvalue weighted by Crippen LogP contribution is -2.24. The van der Waals surface area contributed by atoms with Gasteiger partial charge >= 0.3 is 0 Å². The van der Waals surface area contributed by atoms with Gasteiger partial charge in [0.2, 0.25) is 0 Å². The molecule has 0 radical (unpaired) electrons. The summed E-state index contributed by atoms with van der Waals surface area (Å²) in [5, 5.41) is 4.79. The fourth-order valence-corrected chi connectivity index (χ4v) is 3.90. The average molecular weight is 294 g/mol. The van der Waals surface area contributed by atoms with Crippen molar-refractivity contribution in [3.63, 3.8) is 0 Å². The first kappa shape index (κ1) is 15.4. The fraction of sp³-hybridized carbons (Fsp3) is 0.688. The van der Waals surface area contributed by atoms with Gasteiger partial charge in [0.25, 0.3) is 0 Å². The minimum absolute atomic E-state index is 0.167. The predicted molar refractivity (Wildman–Crippen MR) is 87.9 cm³/mol. The molecule has 4 heteroatoms. The van der Waals surface area contributed by atoms with Crippen molar-refractivity contribution in [2.24, 2.45) is 5.92 Å². The van der Waals surface area contributed by atoms with Gasteiger partial charge in [-0.05, 0) is 31.1 Å². The smallest absolute Gasteiger partial charge is 0.174 e. The maximum atomic E-state index is 12.0. The minimum atomic E-state index is 0.167. The molecule has 1 aromatic rings. The molecule has 1 fully saturated rings. The summed E-state index contributed by atoms with van der Waals surface area (Å²) in [5.74, 6) is 1.30. The quantitative estimate of drug-likeness (QED) is 0.720. The number of thiophene rings is 1. The summed E-state index contributed by atoms with van der Waals surface area (Å²) >= 11 is 1.56. The predicted octanol–water partition coefficient (Wildman–Crippen LogP) is 4.65. The SMILES string of the molecule is CCC(=O)c1sc(NC(CC)C(C)C)c(C2CC2)c1N. The molecule has 1 unspecified atom stereocenters. The second kappa shape index (κ2) is 6.17. The molecule has 0 amide bonds. The second-order valence-corrected chi connectivity index (χ2v) is 7.06. The van der Waals surface area contributed by atoms with E-state index in [0.29, 0.717) is 24.3 Å². The van der Waals surface area contributed by atoms with E-state index in [1.165, 1.54) is 18.4 Å². The average Bonchev–Trinajstić information content (AvgIpc) is 3.19. The van der Waals surface area contributed by atoms with E-state index in [-0.39, 0.29) is 5.78 Å². The van der Waals surface area contributed by atoms with E-state index in [0.717, 1.165) is 22.0 Å². The summed E-state index contributed by atoms with van der Waals surface area (Å²) in [4.78, 5) is 12.8. The standard InChI is InChI=1S/C16H26N2OS/c1-5-11(9(3)4)18-16-13(10-7-8-10)14(17)15(20-16)12(19)6-2/h9-11,18H,5-8,17H2,1-4H3. The molecule has 0 saturated heterocycles. The van der Waals surface area contributed by atoms with E-state index in [2.05, 4.69) is 26.1 Å². The summed E-state index contributed by atoms with van der Waals surface area (Å²) < 4.78 is 0. The zero-order valence-electron chi connectivity index (χ0n) is 13.0. The number of hydrogen-bond donors (Lipinski definition) is 2. The molecule has 1 aromatic heterocycles. The van der Waals surface area contributed by atoms with Crippen molar-refractivity contribution in [2.45, 2.75) is 65.3 Å². The van der Waals surface area contributed by atoms with Crippen molar-refractivity contribution < 1.29 is 4.79 Å². The van der Waals surface area contributed by atoms with Crippen LogP contribution in [0, 0.1) is 5.92 Å². The van der Waals surface area contributed by atoms with E-state index >= 15 is 0 Å². The van der Waals surface area contributed by atoms with Crippen LogP contribution in [0.4, 0.5) is 10.7 Å². The number of hydrogen-bond acceptors (Lipinski definition) is 4. The van der Waals surface area contributed by atoms with Crippen LogP contribution >= 0.6 is 11.3 Å². The number of ketones is 1. The van der Waals surface area contributed by atoms with Crippen molar-refractivity contribution >= 4 is 27.8 Å². The van der Waals surface area contributed by atoms with E-state index in [4.69, 9.17) is 5.73 Å². The van der Waals surface area contributed by atoms with Gasteiger partial charge in [-0.2, -0.15) is 0 Å². The highest BCUT2D eigenvalue weighted by molar-refractivity contribution is 7.18. The number of nitrogen functional groups attached to an aromatic ring is 1. The molecular formula is C16H26N2OS. The first-order valence-corrected chi connectivity index (χ1v) is 8.53. The Labute approximate surface area is 125 Å². The van der Waals surface area contributed by atoms with Crippen molar-refractivity contribution in [3.8, 4) is 0 Å². The molecule has 20 heavy (non-hydrogen) atoms. The third-order valence-electron chi connectivity index (χ3n) is 4.10. The topological polar surface area (TPSA) is 55.1 Å². The van der Waals surface area contributed by atoms with Crippen molar-refractivity contribution in [1.29, 1.82) is 0 Å². The summed E-state index contributed by atoms with van der Waals surface area (Å²) in [6.07, 6.45) is 4.01. The molecule has 112 valence electrons. The first-order chi connectivity index (χ1) is 9.49. The molecule has 0 spiro atoms. The molecule has 1 aliphatic rings. The Balaban J connectivity index is 2.33. The number of carbonyl (C=O) groups excluding carboxylic acids is 1. The Morgan fingerprint density at radius 2 is 2.05 bits per heavy atom. The summed E-state index contributed by atoms with van der Waals surface area (Å²) in [6.45, 7) is 8.55. The molecule has 1 aliphatic carbocycles. The molecule has 0 bridgehead atoms. The third-order valence-corrected chi connectivity index (χ3v) is 5.30. The van der Waals surface area contributed by atoms with Gasteiger partial charge in [0.15, 0.2) is 5.78 Å². The maximum Gasteiger partial charge on any atom is 0.174 e. The van der Waals surface area contributed by atoms with Crippen molar-refractivity contribution in [3.05, 3.63) is 10.4 Å². The van der Waals surface area contributed by atoms with Gasteiger partial charge in [0.1, 0.15) is 0 Å². The Kier molecular flexibility index (Phi) is 4.74. The number of carbonyl (C=O) groups is 1. The molecule has 3 nitrogen and oxygen atoms in total. The van der Waals surface area contributed by atoms with Crippen LogP contribution in [0.5, 0.6) is 0 Å². The molecular weight excluding hydrogens is 268 g/mol. The van der Waals surface area contributed by atoms with Crippen molar-refractivity contribution in [2.75, 3.05) is 11.1 Å². The molecule has 0 aliphatic heterocycles. The van der Waals surface area contributed by atoms with Gasteiger partial charge in [-0.1, -0.05) is 27.7 Å². The Hall–Kier alpha value is -1.03.